The fourth-order valence-electron chi connectivity index (χ4n) is 5.32. The SMILES string of the molecule is C=CC(=O)N1CCN([C@@H](CC2CC2)c2ccc([C@H](C)Nc3ncc4c(n3)N(CC)C(=C)OC4)cc2)CC1. The van der Waals surface area contributed by atoms with Crippen molar-refractivity contribution < 1.29 is 9.53 Å². The predicted octanol–water partition coefficient (Wildman–Crippen LogP) is 4.65. The Morgan fingerprint density at radius 3 is 2.54 bits per heavy atom. The van der Waals surface area contributed by atoms with Crippen LogP contribution >= 0.6 is 0 Å². The Morgan fingerprint density at radius 2 is 1.89 bits per heavy atom. The van der Waals surface area contributed by atoms with Gasteiger partial charge in [-0.3, -0.25) is 14.6 Å². The molecule has 1 saturated carbocycles. The third kappa shape index (κ3) is 5.64. The van der Waals surface area contributed by atoms with Crippen LogP contribution in [0.4, 0.5) is 11.8 Å². The number of nitrogens with zero attached hydrogens (tertiary/aromatic N) is 5. The third-order valence-corrected chi connectivity index (χ3v) is 7.77. The maximum atomic E-state index is 12.0. The normalized spacial score (nSPS) is 19.6. The fourth-order valence-corrected chi connectivity index (χ4v) is 5.32. The first-order chi connectivity index (χ1) is 18.0. The Morgan fingerprint density at radius 1 is 1.19 bits per heavy atom. The van der Waals surface area contributed by atoms with E-state index in [-0.39, 0.29) is 11.9 Å². The van der Waals surface area contributed by atoms with Crippen LogP contribution in [-0.2, 0) is 16.1 Å². The molecular formula is C29H38N6O2. The molecule has 0 radical (unpaired) electrons. The second-order valence-electron chi connectivity index (χ2n) is 10.3. The summed E-state index contributed by atoms with van der Waals surface area (Å²) in [5, 5.41) is 3.47. The van der Waals surface area contributed by atoms with Gasteiger partial charge in [0.2, 0.25) is 11.9 Å². The van der Waals surface area contributed by atoms with Crippen LogP contribution in [0.3, 0.4) is 0 Å². The lowest BCUT2D eigenvalue weighted by Crippen LogP contribution is -2.49. The van der Waals surface area contributed by atoms with E-state index in [1.807, 2.05) is 16.0 Å². The van der Waals surface area contributed by atoms with Crippen LogP contribution in [0, 0.1) is 5.92 Å². The summed E-state index contributed by atoms with van der Waals surface area (Å²) < 4.78 is 5.63. The zero-order valence-corrected chi connectivity index (χ0v) is 22.0. The molecule has 3 heterocycles. The summed E-state index contributed by atoms with van der Waals surface area (Å²) in [5.41, 5.74) is 3.51. The van der Waals surface area contributed by atoms with Crippen LogP contribution in [0.1, 0.15) is 61.9 Å². The van der Waals surface area contributed by atoms with Gasteiger partial charge in [-0.25, -0.2) is 4.98 Å². The van der Waals surface area contributed by atoms with Crippen LogP contribution in [0.15, 0.2) is 55.6 Å². The van der Waals surface area contributed by atoms with Crippen molar-refractivity contribution in [3.05, 3.63) is 72.3 Å². The monoisotopic (exact) mass is 502 g/mol. The number of hydrogen-bond acceptors (Lipinski definition) is 7. The minimum absolute atomic E-state index is 0.0350. The number of nitrogens with one attached hydrogen (secondary N) is 1. The van der Waals surface area contributed by atoms with E-state index in [4.69, 9.17) is 9.72 Å². The van der Waals surface area contributed by atoms with Crippen LogP contribution in [0.2, 0.25) is 0 Å². The maximum absolute atomic E-state index is 12.0. The van der Waals surface area contributed by atoms with E-state index < -0.39 is 0 Å². The highest BCUT2D eigenvalue weighted by Gasteiger charge is 2.32. The first-order valence-electron chi connectivity index (χ1n) is 13.4. The molecule has 37 heavy (non-hydrogen) atoms. The van der Waals surface area contributed by atoms with E-state index in [1.54, 1.807) is 0 Å². The molecule has 1 aliphatic carbocycles. The average molecular weight is 503 g/mol. The van der Waals surface area contributed by atoms with Crippen molar-refractivity contribution in [1.82, 2.24) is 19.8 Å². The third-order valence-electron chi connectivity index (χ3n) is 7.77. The van der Waals surface area contributed by atoms with Gasteiger partial charge in [-0.2, -0.15) is 4.98 Å². The highest BCUT2D eigenvalue weighted by atomic mass is 16.5. The van der Waals surface area contributed by atoms with Crippen molar-refractivity contribution in [1.29, 1.82) is 0 Å². The average Bonchev–Trinajstić information content (AvgIpc) is 3.76. The Labute approximate surface area is 220 Å². The number of benzene rings is 1. The molecule has 3 aliphatic rings. The number of rotatable bonds is 9. The van der Waals surface area contributed by atoms with Crippen LogP contribution in [0.25, 0.3) is 0 Å². The molecule has 2 atom stereocenters. The van der Waals surface area contributed by atoms with Crippen molar-refractivity contribution >= 4 is 17.7 Å². The van der Waals surface area contributed by atoms with Gasteiger partial charge in [0.15, 0.2) is 5.88 Å². The molecule has 0 bridgehead atoms. The molecule has 196 valence electrons. The Balaban J connectivity index is 1.26. The van der Waals surface area contributed by atoms with Crippen molar-refractivity contribution in [2.24, 2.45) is 5.92 Å². The molecule has 2 aromatic rings. The minimum atomic E-state index is 0.0350. The molecule has 1 N–H and O–H groups in total. The van der Waals surface area contributed by atoms with E-state index in [0.29, 0.717) is 24.5 Å². The van der Waals surface area contributed by atoms with Gasteiger partial charge in [0, 0.05) is 45.0 Å². The zero-order valence-electron chi connectivity index (χ0n) is 22.0. The summed E-state index contributed by atoms with van der Waals surface area (Å²) in [6.45, 7) is 16.3. The molecule has 1 aromatic heterocycles. The van der Waals surface area contributed by atoms with Gasteiger partial charge < -0.3 is 15.0 Å². The van der Waals surface area contributed by atoms with Crippen molar-refractivity contribution in [3.8, 4) is 0 Å². The topological polar surface area (TPSA) is 73.8 Å². The van der Waals surface area contributed by atoms with Gasteiger partial charge >= 0.3 is 0 Å². The molecule has 1 amide bonds. The Kier molecular flexibility index (Phi) is 7.46. The van der Waals surface area contributed by atoms with Gasteiger partial charge in [0.25, 0.3) is 0 Å². The summed E-state index contributed by atoms with van der Waals surface area (Å²) in [6, 6.07) is 9.43. The number of amides is 1. The maximum Gasteiger partial charge on any atom is 0.246 e. The quantitative estimate of drug-likeness (QED) is 0.501. The highest BCUT2D eigenvalue weighted by molar-refractivity contribution is 5.87. The molecular weight excluding hydrogens is 464 g/mol. The largest absolute Gasteiger partial charge is 0.474 e. The highest BCUT2D eigenvalue weighted by Crippen LogP contribution is 2.40. The number of piperazine rings is 1. The van der Waals surface area contributed by atoms with E-state index >= 15 is 0 Å². The van der Waals surface area contributed by atoms with Crippen molar-refractivity contribution in [3.63, 3.8) is 0 Å². The lowest BCUT2D eigenvalue weighted by Gasteiger charge is -2.39. The standard InChI is InChI=1S/C29H38N6O2/c1-5-27(36)34-15-13-33(14-16-34)26(17-22-7-8-22)24-11-9-23(10-12-24)20(3)31-29-30-18-25-19-37-21(4)35(6-2)28(25)32-29/h5,9-12,18,20,22,26H,1,4,6-8,13-17,19H2,2-3H3,(H,30,31,32)/t20-,26-/m0/s1. The van der Waals surface area contributed by atoms with Crippen LogP contribution < -0.4 is 10.2 Å². The first kappa shape index (κ1) is 25.3. The molecule has 2 aliphatic heterocycles. The van der Waals surface area contributed by atoms with Crippen LogP contribution in [0.5, 0.6) is 0 Å². The molecule has 0 unspecified atom stereocenters. The van der Waals surface area contributed by atoms with Gasteiger partial charge in [-0.1, -0.05) is 43.7 Å². The number of aromatic nitrogens is 2. The van der Waals surface area contributed by atoms with E-state index in [1.165, 1.54) is 36.5 Å². The predicted molar refractivity (Wildman–Crippen MR) is 146 cm³/mol. The number of anilines is 2. The van der Waals surface area contributed by atoms with Gasteiger partial charge in [0.05, 0.1) is 11.6 Å². The summed E-state index contributed by atoms with van der Waals surface area (Å²) in [4.78, 5) is 27.7. The number of hydrogen-bond donors (Lipinski definition) is 1. The lowest BCUT2D eigenvalue weighted by molar-refractivity contribution is -0.128. The summed E-state index contributed by atoms with van der Waals surface area (Å²) in [5.74, 6) is 2.94. The first-order valence-corrected chi connectivity index (χ1v) is 13.4. The Bertz CT molecular complexity index is 1140. The van der Waals surface area contributed by atoms with Crippen molar-refractivity contribution in [2.75, 3.05) is 42.9 Å². The minimum Gasteiger partial charge on any atom is -0.474 e. The molecule has 5 rings (SSSR count). The number of carbonyl (C=O) groups excluding carboxylic acids is 1. The van der Waals surface area contributed by atoms with Gasteiger partial charge in [-0.15, -0.1) is 0 Å². The van der Waals surface area contributed by atoms with E-state index in [2.05, 4.69) is 66.5 Å². The summed E-state index contributed by atoms with van der Waals surface area (Å²) in [6.07, 6.45) is 7.11. The smallest absolute Gasteiger partial charge is 0.246 e. The lowest BCUT2D eigenvalue weighted by atomic mass is 9.96. The second-order valence-corrected chi connectivity index (χ2v) is 10.3. The molecule has 2 fully saturated rings. The Hall–Kier alpha value is -3.39. The second kappa shape index (κ2) is 10.9. The molecule has 8 heteroatoms. The van der Waals surface area contributed by atoms with Gasteiger partial charge in [-0.05, 0) is 50.0 Å². The molecule has 0 spiro atoms. The zero-order chi connectivity index (χ0) is 25.9. The number of ether oxygens (including phenoxy) is 1. The molecule has 1 aromatic carbocycles. The van der Waals surface area contributed by atoms with E-state index in [0.717, 1.165) is 50.0 Å². The van der Waals surface area contributed by atoms with Crippen molar-refractivity contribution in [2.45, 2.75) is 51.8 Å². The molecule has 1 saturated heterocycles. The number of carbonyl (C=O) groups is 1. The van der Waals surface area contributed by atoms with Crippen LogP contribution in [-0.4, -0.2) is 58.4 Å². The molecule has 8 nitrogen and oxygen atoms in total. The summed E-state index contributed by atoms with van der Waals surface area (Å²) >= 11 is 0. The summed E-state index contributed by atoms with van der Waals surface area (Å²) in [7, 11) is 0. The van der Waals surface area contributed by atoms with Gasteiger partial charge in [0.1, 0.15) is 12.4 Å². The number of fused-ring (bicyclic) bond motifs is 1. The fraction of sp³-hybridized carbons (Fsp3) is 0.483. The van der Waals surface area contributed by atoms with E-state index in [9.17, 15) is 4.79 Å².